The molecule has 1 aliphatic rings. The highest BCUT2D eigenvalue weighted by Gasteiger charge is 2.35. The number of aliphatic carboxylic acids is 1. The van der Waals surface area contributed by atoms with E-state index < -0.39 is 5.97 Å². The molecule has 0 saturated heterocycles. The predicted molar refractivity (Wildman–Crippen MR) is 73.7 cm³/mol. The van der Waals surface area contributed by atoms with Crippen LogP contribution in [0.2, 0.25) is 0 Å². The molecule has 0 spiro atoms. The van der Waals surface area contributed by atoms with Gasteiger partial charge in [0.25, 0.3) is 0 Å². The number of hydrogen-bond acceptors (Lipinski definition) is 3. The van der Waals surface area contributed by atoms with Crippen LogP contribution in [0.25, 0.3) is 0 Å². The van der Waals surface area contributed by atoms with Gasteiger partial charge in [0.05, 0.1) is 5.92 Å². The van der Waals surface area contributed by atoms with E-state index in [1.165, 1.54) is 4.88 Å². The van der Waals surface area contributed by atoms with E-state index in [4.69, 9.17) is 0 Å². The third-order valence-corrected chi connectivity index (χ3v) is 4.81. The molecule has 1 aliphatic carbocycles. The Kier molecular flexibility index (Phi) is 4.40. The zero-order valence-corrected chi connectivity index (χ0v) is 11.8. The van der Waals surface area contributed by atoms with Gasteiger partial charge in [0.1, 0.15) is 0 Å². The van der Waals surface area contributed by atoms with Gasteiger partial charge in [-0.25, -0.2) is 0 Å². The van der Waals surface area contributed by atoms with E-state index in [0.717, 1.165) is 25.8 Å². The van der Waals surface area contributed by atoms with Crippen LogP contribution in [0.1, 0.15) is 31.1 Å². The van der Waals surface area contributed by atoms with E-state index in [1.54, 1.807) is 11.3 Å². The van der Waals surface area contributed by atoms with Gasteiger partial charge in [0, 0.05) is 17.5 Å². The van der Waals surface area contributed by atoms with Gasteiger partial charge in [-0.05, 0) is 43.7 Å². The van der Waals surface area contributed by atoms with Crippen molar-refractivity contribution in [3.05, 3.63) is 22.4 Å². The first kappa shape index (κ1) is 13.6. The van der Waals surface area contributed by atoms with Crippen LogP contribution in [-0.2, 0) is 11.3 Å². The molecule has 3 atom stereocenters. The number of carbonyl (C=O) groups is 1. The van der Waals surface area contributed by atoms with Crippen LogP contribution < -0.4 is 0 Å². The summed E-state index contributed by atoms with van der Waals surface area (Å²) in [5.74, 6) is -0.201. The van der Waals surface area contributed by atoms with E-state index in [0.29, 0.717) is 5.92 Å². The number of thiophene rings is 1. The Labute approximate surface area is 112 Å². The van der Waals surface area contributed by atoms with Crippen molar-refractivity contribution >= 4 is 17.3 Å². The molecule has 1 N–H and O–H groups in total. The van der Waals surface area contributed by atoms with Crippen LogP contribution in [-0.4, -0.2) is 29.1 Å². The average Bonchev–Trinajstić information content (AvgIpc) is 2.81. The fourth-order valence-electron chi connectivity index (χ4n) is 2.89. The first-order valence-corrected chi connectivity index (χ1v) is 7.41. The Hall–Kier alpha value is -0.870. The highest BCUT2D eigenvalue weighted by Crippen LogP contribution is 2.32. The molecular weight excluding hydrogens is 246 g/mol. The number of rotatable bonds is 4. The van der Waals surface area contributed by atoms with Gasteiger partial charge in [0.2, 0.25) is 0 Å². The van der Waals surface area contributed by atoms with Crippen LogP contribution >= 0.6 is 11.3 Å². The molecule has 1 aromatic rings. The van der Waals surface area contributed by atoms with Gasteiger partial charge < -0.3 is 5.11 Å². The van der Waals surface area contributed by atoms with Crippen molar-refractivity contribution in [3.8, 4) is 0 Å². The molecule has 0 amide bonds. The summed E-state index contributed by atoms with van der Waals surface area (Å²) in [6, 6.07) is 4.34. The van der Waals surface area contributed by atoms with Crippen molar-refractivity contribution < 1.29 is 9.90 Å². The molecule has 4 heteroatoms. The standard InChI is InChI=1S/C14H21NO2S/c1-10-5-6-12(14(16)17)13(8-10)15(2)9-11-4-3-7-18-11/h3-4,7,10,12-13H,5-6,8-9H2,1-2H3,(H,16,17). The first-order valence-electron chi connectivity index (χ1n) is 6.53. The zero-order valence-electron chi connectivity index (χ0n) is 11.0. The van der Waals surface area contributed by atoms with Crippen LogP contribution in [0.5, 0.6) is 0 Å². The summed E-state index contributed by atoms with van der Waals surface area (Å²) < 4.78 is 0. The average molecular weight is 267 g/mol. The Balaban J connectivity index is 2.04. The second kappa shape index (κ2) is 5.85. The topological polar surface area (TPSA) is 40.5 Å². The van der Waals surface area contributed by atoms with Gasteiger partial charge in [-0.15, -0.1) is 11.3 Å². The maximum Gasteiger partial charge on any atom is 0.308 e. The van der Waals surface area contributed by atoms with Crippen LogP contribution in [0, 0.1) is 11.8 Å². The summed E-state index contributed by atoms with van der Waals surface area (Å²) in [6.45, 7) is 3.09. The van der Waals surface area contributed by atoms with Crippen LogP contribution in [0.3, 0.4) is 0 Å². The minimum atomic E-state index is -0.634. The molecule has 1 fully saturated rings. The largest absolute Gasteiger partial charge is 0.481 e. The van der Waals surface area contributed by atoms with Crippen LogP contribution in [0.4, 0.5) is 0 Å². The lowest BCUT2D eigenvalue weighted by molar-refractivity contribution is -0.146. The van der Waals surface area contributed by atoms with E-state index >= 15 is 0 Å². The molecular formula is C14H21NO2S. The van der Waals surface area contributed by atoms with Crippen molar-refractivity contribution in [3.63, 3.8) is 0 Å². The molecule has 0 aliphatic heterocycles. The molecule has 100 valence electrons. The summed E-state index contributed by atoms with van der Waals surface area (Å²) in [7, 11) is 2.05. The van der Waals surface area contributed by atoms with Crippen molar-refractivity contribution in [2.24, 2.45) is 11.8 Å². The minimum Gasteiger partial charge on any atom is -0.481 e. The van der Waals surface area contributed by atoms with E-state index in [9.17, 15) is 9.90 Å². The van der Waals surface area contributed by atoms with Crippen molar-refractivity contribution in [1.29, 1.82) is 0 Å². The Morgan fingerprint density at radius 1 is 1.56 bits per heavy atom. The highest BCUT2D eigenvalue weighted by molar-refractivity contribution is 7.09. The van der Waals surface area contributed by atoms with Crippen molar-refractivity contribution in [2.75, 3.05) is 7.05 Å². The second-order valence-corrected chi connectivity index (χ2v) is 6.46. The molecule has 3 nitrogen and oxygen atoms in total. The fourth-order valence-corrected chi connectivity index (χ4v) is 3.66. The molecule has 0 aromatic carbocycles. The summed E-state index contributed by atoms with van der Waals surface area (Å²) in [4.78, 5) is 14.9. The van der Waals surface area contributed by atoms with E-state index in [2.05, 4.69) is 30.3 Å². The predicted octanol–water partition coefficient (Wildman–Crippen LogP) is 3.07. The monoisotopic (exact) mass is 267 g/mol. The maximum absolute atomic E-state index is 11.4. The third kappa shape index (κ3) is 3.12. The summed E-state index contributed by atoms with van der Waals surface area (Å²) >= 11 is 1.74. The van der Waals surface area contributed by atoms with Gasteiger partial charge >= 0.3 is 5.97 Å². The summed E-state index contributed by atoms with van der Waals surface area (Å²) in [6.07, 6.45) is 2.86. The maximum atomic E-state index is 11.4. The first-order chi connectivity index (χ1) is 8.58. The molecule has 0 bridgehead atoms. The minimum absolute atomic E-state index is 0.174. The van der Waals surface area contributed by atoms with E-state index in [1.807, 2.05) is 6.07 Å². The number of carboxylic acid groups (broad SMARTS) is 1. The SMILES string of the molecule is CC1CCC(C(=O)O)C(N(C)Cc2cccs2)C1. The molecule has 2 rings (SSSR count). The molecule has 1 heterocycles. The number of hydrogen-bond donors (Lipinski definition) is 1. The smallest absolute Gasteiger partial charge is 0.308 e. The van der Waals surface area contributed by atoms with Gasteiger partial charge in [-0.1, -0.05) is 13.0 Å². The highest BCUT2D eigenvalue weighted by atomic mass is 32.1. The summed E-state index contributed by atoms with van der Waals surface area (Å²) in [5, 5.41) is 11.4. The van der Waals surface area contributed by atoms with Gasteiger partial charge in [-0.2, -0.15) is 0 Å². The summed E-state index contributed by atoms with van der Waals surface area (Å²) in [5.41, 5.74) is 0. The normalized spacial score (nSPS) is 28.5. The van der Waals surface area contributed by atoms with Gasteiger partial charge in [-0.3, -0.25) is 9.69 Å². The Morgan fingerprint density at radius 3 is 2.94 bits per heavy atom. The van der Waals surface area contributed by atoms with E-state index in [-0.39, 0.29) is 12.0 Å². The molecule has 1 saturated carbocycles. The lowest BCUT2D eigenvalue weighted by atomic mass is 9.78. The molecule has 1 aromatic heterocycles. The lowest BCUT2D eigenvalue weighted by Gasteiger charge is -2.38. The third-order valence-electron chi connectivity index (χ3n) is 3.95. The fraction of sp³-hybridized carbons (Fsp3) is 0.643. The number of carboxylic acids is 1. The quantitative estimate of drug-likeness (QED) is 0.911. The molecule has 18 heavy (non-hydrogen) atoms. The molecule has 0 radical (unpaired) electrons. The van der Waals surface area contributed by atoms with Crippen molar-refractivity contribution in [2.45, 2.75) is 38.8 Å². The number of nitrogens with zero attached hydrogens (tertiary/aromatic N) is 1. The zero-order chi connectivity index (χ0) is 13.1. The van der Waals surface area contributed by atoms with Crippen LogP contribution in [0.15, 0.2) is 17.5 Å². The van der Waals surface area contributed by atoms with Gasteiger partial charge in [0.15, 0.2) is 0 Å². The van der Waals surface area contributed by atoms with Crippen molar-refractivity contribution in [1.82, 2.24) is 4.90 Å². The second-order valence-electron chi connectivity index (χ2n) is 5.42. The lowest BCUT2D eigenvalue weighted by Crippen LogP contribution is -2.44. The molecule has 3 unspecified atom stereocenters. The Morgan fingerprint density at radius 2 is 2.33 bits per heavy atom. The Bertz CT molecular complexity index is 391.